The largest absolute Gasteiger partial charge is 0.453 e. The van der Waals surface area contributed by atoms with E-state index in [0.717, 1.165) is 32.1 Å². The van der Waals surface area contributed by atoms with Gasteiger partial charge in [0.2, 0.25) is 0 Å². The molecule has 1 unspecified atom stereocenters. The van der Waals surface area contributed by atoms with Crippen molar-refractivity contribution in [1.82, 2.24) is 4.90 Å². The zero-order valence-corrected chi connectivity index (χ0v) is 13.9. The van der Waals surface area contributed by atoms with Crippen molar-refractivity contribution < 1.29 is 14.3 Å². The van der Waals surface area contributed by atoms with E-state index < -0.39 is 12.1 Å². The van der Waals surface area contributed by atoms with Gasteiger partial charge in [0.15, 0.2) is 5.78 Å². The molecule has 0 heterocycles. The number of Topliss-reactive ketones (excluding diaryl/α,β-unsaturated/α-hetero) is 1. The van der Waals surface area contributed by atoms with Crippen molar-refractivity contribution in [2.45, 2.75) is 65.8 Å². The van der Waals surface area contributed by atoms with Crippen molar-refractivity contribution in [1.29, 1.82) is 0 Å². The zero-order chi connectivity index (χ0) is 15.7. The van der Waals surface area contributed by atoms with Gasteiger partial charge in [0, 0.05) is 13.0 Å². The maximum atomic E-state index is 12.8. The Morgan fingerprint density at radius 1 is 1.10 bits per heavy atom. The van der Waals surface area contributed by atoms with Crippen LogP contribution in [0.1, 0.15) is 59.8 Å². The molecular weight excluding hydrogens is 254 g/mol. The lowest BCUT2D eigenvalue weighted by Gasteiger charge is -2.31. The van der Waals surface area contributed by atoms with Crippen molar-refractivity contribution in [2.24, 2.45) is 11.8 Å². The van der Waals surface area contributed by atoms with Crippen LogP contribution in [0, 0.1) is 11.8 Å². The molecule has 0 aliphatic rings. The standard InChI is InChI=1S/C16H31NO3/c1-7-9-11-13(10-8-2)15(18)14(12(3)4)17(5)16(19)20-6/h12-14H,7-11H2,1-6H3/t13?,14-/m0/s1. The molecule has 0 aliphatic carbocycles. The highest BCUT2D eigenvalue weighted by atomic mass is 16.5. The van der Waals surface area contributed by atoms with E-state index in [4.69, 9.17) is 4.74 Å². The molecule has 4 nitrogen and oxygen atoms in total. The molecule has 0 saturated heterocycles. The van der Waals surface area contributed by atoms with Gasteiger partial charge in [-0.2, -0.15) is 0 Å². The van der Waals surface area contributed by atoms with Crippen LogP contribution in [0.2, 0.25) is 0 Å². The number of carbonyl (C=O) groups is 2. The van der Waals surface area contributed by atoms with Crippen LogP contribution in [0.25, 0.3) is 0 Å². The van der Waals surface area contributed by atoms with Gasteiger partial charge in [-0.1, -0.05) is 47.0 Å². The van der Waals surface area contributed by atoms with Crippen molar-refractivity contribution in [3.8, 4) is 0 Å². The molecule has 0 aromatic heterocycles. The Morgan fingerprint density at radius 2 is 1.70 bits per heavy atom. The molecule has 0 N–H and O–H groups in total. The minimum absolute atomic E-state index is 0.0551. The van der Waals surface area contributed by atoms with E-state index in [1.165, 1.54) is 12.0 Å². The van der Waals surface area contributed by atoms with E-state index in [2.05, 4.69) is 13.8 Å². The van der Waals surface area contributed by atoms with E-state index in [-0.39, 0.29) is 17.6 Å². The fourth-order valence-electron chi connectivity index (χ4n) is 2.69. The van der Waals surface area contributed by atoms with Gasteiger partial charge in [0.1, 0.15) is 0 Å². The van der Waals surface area contributed by atoms with E-state index in [1.54, 1.807) is 7.05 Å². The van der Waals surface area contributed by atoms with E-state index in [9.17, 15) is 9.59 Å². The smallest absolute Gasteiger partial charge is 0.409 e. The van der Waals surface area contributed by atoms with Crippen molar-refractivity contribution in [2.75, 3.05) is 14.2 Å². The van der Waals surface area contributed by atoms with Crippen LogP contribution in [-0.4, -0.2) is 37.0 Å². The van der Waals surface area contributed by atoms with Crippen molar-refractivity contribution in [3.63, 3.8) is 0 Å². The van der Waals surface area contributed by atoms with Gasteiger partial charge in [-0.05, 0) is 18.8 Å². The quantitative estimate of drug-likeness (QED) is 0.645. The first-order chi connectivity index (χ1) is 9.40. The molecule has 0 aliphatic heterocycles. The van der Waals surface area contributed by atoms with Crippen LogP contribution in [0.4, 0.5) is 4.79 Å². The lowest BCUT2D eigenvalue weighted by atomic mass is 9.85. The van der Waals surface area contributed by atoms with Crippen LogP contribution in [-0.2, 0) is 9.53 Å². The third-order valence-corrected chi connectivity index (χ3v) is 3.75. The SMILES string of the molecule is CCCCC(CCC)C(=O)[C@H](C(C)C)N(C)C(=O)OC. The third kappa shape index (κ3) is 5.51. The van der Waals surface area contributed by atoms with Crippen molar-refractivity contribution in [3.05, 3.63) is 0 Å². The molecule has 0 bridgehead atoms. The van der Waals surface area contributed by atoms with Gasteiger partial charge in [-0.25, -0.2) is 4.79 Å². The number of rotatable bonds is 9. The number of methoxy groups -OCH3 is 1. The van der Waals surface area contributed by atoms with Gasteiger partial charge < -0.3 is 9.64 Å². The Balaban J connectivity index is 5.03. The average Bonchev–Trinajstić information content (AvgIpc) is 2.41. The molecule has 1 amide bonds. The van der Waals surface area contributed by atoms with Crippen molar-refractivity contribution >= 4 is 11.9 Å². The topological polar surface area (TPSA) is 46.6 Å². The van der Waals surface area contributed by atoms with Crippen LogP contribution < -0.4 is 0 Å². The number of unbranched alkanes of at least 4 members (excludes halogenated alkanes) is 1. The van der Waals surface area contributed by atoms with E-state index in [0.29, 0.717) is 0 Å². The summed E-state index contributed by atoms with van der Waals surface area (Å²) in [5, 5.41) is 0. The number of nitrogens with zero attached hydrogens (tertiary/aromatic N) is 1. The first kappa shape index (κ1) is 18.9. The van der Waals surface area contributed by atoms with Crippen LogP contribution >= 0.6 is 0 Å². The summed E-state index contributed by atoms with van der Waals surface area (Å²) in [5.74, 6) is 0.329. The maximum Gasteiger partial charge on any atom is 0.409 e. The second kappa shape index (κ2) is 9.78. The summed E-state index contributed by atoms with van der Waals surface area (Å²) in [4.78, 5) is 25.9. The van der Waals surface area contributed by atoms with Gasteiger partial charge in [-0.15, -0.1) is 0 Å². The third-order valence-electron chi connectivity index (χ3n) is 3.75. The lowest BCUT2D eigenvalue weighted by Crippen LogP contribution is -2.48. The average molecular weight is 285 g/mol. The minimum Gasteiger partial charge on any atom is -0.453 e. The summed E-state index contributed by atoms with van der Waals surface area (Å²) in [6.07, 6.45) is 4.52. The second-order valence-electron chi connectivity index (χ2n) is 5.80. The summed E-state index contributed by atoms with van der Waals surface area (Å²) in [7, 11) is 3.00. The molecule has 0 rings (SSSR count). The number of hydrogen-bond acceptors (Lipinski definition) is 3. The highest BCUT2D eigenvalue weighted by Gasteiger charge is 2.34. The van der Waals surface area contributed by atoms with Gasteiger partial charge in [0.05, 0.1) is 13.2 Å². The summed E-state index contributed by atoms with van der Waals surface area (Å²) >= 11 is 0. The molecule has 0 spiro atoms. The Labute approximate surface area is 123 Å². The number of ether oxygens (including phenoxy) is 1. The zero-order valence-electron chi connectivity index (χ0n) is 13.9. The van der Waals surface area contributed by atoms with Crippen LogP contribution in [0.3, 0.4) is 0 Å². The number of hydrogen-bond donors (Lipinski definition) is 0. The Bertz CT molecular complexity index is 302. The molecule has 0 aromatic rings. The summed E-state index contributed by atoms with van der Waals surface area (Å²) in [5.41, 5.74) is 0. The van der Waals surface area contributed by atoms with Crippen LogP contribution in [0.5, 0.6) is 0 Å². The first-order valence-corrected chi connectivity index (χ1v) is 7.75. The molecule has 0 aromatic carbocycles. The number of amides is 1. The first-order valence-electron chi connectivity index (χ1n) is 7.75. The molecule has 0 fully saturated rings. The minimum atomic E-state index is -0.442. The highest BCUT2D eigenvalue weighted by molar-refractivity contribution is 5.89. The fourth-order valence-corrected chi connectivity index (χ4v) is 2.69. The maximum absolute atomic E-state index is 12.8. The highest BCUT2D eigenvalue weighted by Crippen LogP contribution is 2.23. The van der Waals surface area contributed by atoms with E-state index in [1.807, 2.05) is 13.8 Å². The molecule has 20 heavy (non-hydrogen) atoms. The van der Waals surface area contributed by atoms with E-state index >= 15 is 0 Å². The number of likely N-dealkylation sites (N-methyl/N-ethyl adjacent to an activating group) is 1. The normalized spacial score (nSPS) is 13.9. The Kier molecular flexibility index (Phi) is 9.26. The molecule has 2 atom stereocenters. The predicted octanol–water partition coefficient (Wildman–Crippen LogP) is 3.88. The summed E-state index contributed by atoms with van der Waals surface area (Å²) in [6, 6.07) is -0.393. The molecule has 0 saturated carbocycles. The van der Waals surface area contributed by atoms with Gasteiger partial charge in [-0.3, -0.25) is 4.79 Å². The molecule has 4 heteroatoms. The second-order valence-corrected chi connectivity index (χ2v) is 5.80. The number of carbonyl (C=O) groups excluding carboxylic acids is 2. The fraction of sp³-hybridized carbons (Fsp3) is 0.875. The van der Waals surface area contributed by atoms with Gasteiger partial charge in [0.25, 0.3) is 0 Å². The summed E-state index contributed by atoms with van der Waals surface area (Å²) in [6.45, 7) is 8.18. The van der Waals surface area contributed by atoms with Crippen LogP contribution in [0.15, 0.2) is 0 Å². The lowest BCUT2D eigenvalue weighted by molar-refractivity contribution is -0.129. The molecular formula is C16H31NO3. The number of ketones is 1. The molecule has 118 valence electrons. The Morgan fingerprint density at radius 3 is 2.10 bits per heavy atom. The Hall–Kier alpha value is -1.06. The summed E-state index contributed by atoms with van der Waals surface area (Å²) < 4.78 is 4.75. The predicted molar refractivity (Wildman–Crippen MR) is 81.7 cm³/mol. The molecule has 0 radical (unpaired) electrons. The van der Waals surface area contributed by atoms with Gasteiger partial charge >= 0.3 is 6.09 Å². The monoisotopic (exact) mass is 285 g/mol.